The number of aryl methyl sites for hydroxylation is 3. The van der Waals surface area contributed by atoms with Crippen molar-refractivity contribution in [1.82, 2.24) is 0 Å². The van der Waals surface area contributed by atoms with Crippen LogP contribution in [0.5, 0.6) is 0 Å². The minimum atomic E-state index is -1.70. The van der Waals surface area contributed by atoms with E-state index >= 15 is 0 Å². The number of fused-ring (bicyclic) bond motifs is 1. The Morgan fingerprint density at radius 3 is 1.97 bits per heavy atom. The standard InChI is InChI=1S/C27H20F6/c1-2-3-18-10-11-20(25(31)24(18)30)17-8-6-15(7-9-17)4-5-16-12-19-14-22(29)26(32)27(33)23(19)21(28)13-16/h6-14H,2-5H2,1H3. The number of benzene rings is 4. The van der Waals surface area contributed by atoms with Gasteiger partial charge in [0.1, 0.15) is 5.82 Å². The molecule has 0 aliphatic carbocycles. The molecule has 0 spiro atoms. The maximum Gasteiger partial charge on any atom is 0.195 e. The Hall–Kier alpha value is -3.28. The first kappa shape index (κ1) is 22.9. The van der Waals surface area contributed by atoms with Crippen molar-refractivity contribution in [3.63, 3.8) is 0 Å². The molecule has 0 fully saturated rings. The van der Waals surface area contributed by atoms with Gasteiger partial charge >= 0.3 is 0 Å². The number of hydrogen-bond acceptors (Lipinski definition) is 0. The van der Waals surface area contributed by atoms with E-state index in [2.05, 4.69) is 0 Å². The van der Waals surface area contributed by atoms with Crippen LogP contribution < -0.4 is 0 Å². The van der Waals surface area contributed by atoms with E-state index in [1.54, 1.807) is 36.4 Å². The molecule has 0 atom stereocenters. The van der Waals surface area contributed by atoms with Crippen LogP contribution in [0.15, 0.2) is 54.6 Å². The van der Waals surface area contributed by atoms with Crippen molar-refractivity contribution in [2.75, 3.05) is 0 Å². The summed E-state index contributed by atoms with van der Waals surface area (Å²) in [6.07, 6.45) is 2.02. The van der Waals surface area contributed by atoms with E-state index in [-0.39, 0.29) is 10.9 Å². The van der Waals surface area contributed by atoms with Crippen molar-refractivity contribution in [3.8, 4) is 11.1 Å². The number of halogens is 6. The third kappa shape index (κ3) is 4.47. The summed E-state index contributed by atoms with van der Waals surface area (Å²) in [4.78, 5) is 0. The molecule has 0 nitrogen and oxygen atoms in total. The van der Waals surface area contributed by atoms with Gasteiger partial charge in [-0.15, -0.1) is 0 Å². The molecule has 4 rings (SSSR count). The van der Waals surface area contributed by atoms with Gasteiger partial charge in [-0.1, -0.05) is 55.8 Å². The first-order chi connectivity index (χ1) is 15.8. The molecular weight excluding hydrogens is 438 g/mol. The molecule has 170 valence electrons. The molecule has 0 amide bonds. The van der Waals surface area contributed by atoms with E-state index < -0.39 is 40.3 Å². The molecule has 33 heavy (non-hydrogen) atoms. The van der Waals surface area contributed by atoms with Gasteiger partial charge in [0.15, 0.2) is 29.1 Å². The Kier molecular flexibility index (Phi) is 6.45. The van der Waals surface area contributed by atoms with Crippen molar-refractivity contribution in [2.45, 2.75) is 32.6 Å². The predicted octanol–water partition coefficient (Wildman–Crippen LogP) is 8.08. The van der Waals surface area contributed by atoms with E-state index in [4.69, 9.17) is 0 Å². The Labute approximate surface area is 187 Å². The van der Waals surface area contributed by atoms with Gasteiger partial charge in [0, 0.05) is 5.56 Å². The smallest absolute Gasteiger partial charge is 0.195 e. The fourth-order valence-corrected chi connectivity index (χ4v) is 4.01. The summed E-state index contributed by atoms with van der Waals surface area (Å²) in [5.74, 6) is -7.29. The van der Waals surface area contributed by atoms with Crippen LogP contribution in [0.4, 0.5) is 26.3 Å². The number of hydrogen-bond donors (Lipinski definition) is 0. The van der Waals surface area contributed by atoms with Crippen LogP contribution in [0.2, 0.25) is 0 Å². The van der Waals surface area contributed by atoms with Gasteiger partial charge in [-0.2, -0.15) is 0 Å². The van der Waals surface area contributed by atoms with Gasteiger partial charge in [0.05, 0.1) is 5.39 Å². The molecule has 0 saturated carbocycles. The Morgan fingerprint density at radius 1 is 0.576 bits per heavy atom. The summed E-state index contributed by atoms with van der Waals surface area (Å²) < 4.78 is 83.9. The molecule has 4 aromatic rings. The molecule has 0 saturated heterocycles. The molecule has 0 aliphatic heterocycles. The van der Waals surface area contributed by atoms with E-state index in [1.807, 2.05) is 6.92 Å². The Morgan fingerprint density at radius 2 is 1.27 bits per heavy atom. The van der Waals surface area contributed by atoms with Crippen molar-refractivity contribution >= 4 is 10.8 Å². The minimum absolute atomic E-state index is 0.0548. The van der Waals surface area contributed by atoms with Gasteiger partial charge in [-0.05, 0) is 59.0 Å². The van der Waals surface area contributed by atoms with Gasteiger partial charge < -0.3 is 0 Å². The van der Waals surface area contributed by atoms with Gasteiger partial charge in [-0.3, -0.25) is 0 Å². The highest BCUT2D eigenvalue weighted by molar-refractivity contribution is 5.84. The van der Waals surface area contributed by atoms with Crippen molar-refractivity contribution in [3.05, 3.63) is 106 Å². The molecule has 4 aromatic carbocycles. The van der Waals surface area contributed by atoms with Crippen LogP contribution in [0.1, 0.15) is 30.0 Å². The first-order valence-corrected chi connectivity index (χ1v) is 10.6. The number of rotatable bonds is 6. The summed E-state index contributed by atoms with van der Waals surface area (Å²) in [5, 5.41) is -0.637. The second-order valence-electron chi connectivity index (χ2n) is 8.01. The van der Waals surface area contributed by atoms with Crippen LogP contribution in [-0.4, -0.2) is 0 Å². The normalized spacial score (nSPS) is 11.4. The second-order valence-corrected chi connectivity index (χ2v) is 8.01. The Balaban J connectivity index is 1.53. The first-order valence-electron chi connectivity index (χ1n) is 10.6. The second kappa shape index (κ2) is 9.30. The van der Waals surface area contributed by atoms with Crippen molar-refractivity contribution in [2.24, 2.45) is 0 Å². The highest BCUT2D eigenvalue weighted by Gasteiger charge is 2.18. The third-order valence-electron chi connectivity index (χ3n) is 5.73. The average molecular weight is 458 g/mol. The molecule has 0 unspecified atom stereocenters. The summed E-state index contributed by atoms with van der Waals surface area (Å²) >= 11 is 0. The highest BCUT2D eigenvalue weighted by Crippen LogP contribution is 2.29. The summed E-state index contributed by atoms with van der Waals surface area (Å²) in [7, 11) is 0. The lowest BCUT2D eigenvalue weighted by atomic mass is 9.97. The van der Waals surface area contributed by atoms with Crippen LogP contribution in [-0.2, 0) is 19.3 Å². The molecule has 0 N–H and O–H groups in total. The molecule has 6 heteroatoms. The molecule has 0 aliphatic rings. The van der Waals surface area contributed by atoms with Crippen LogP contribution in [0, 0.1) is 34.9 Å². The van der Waals surface area contributed by atoms with Crippen molar-refractivity contribution < 1.29 is 26.3 Å². The lowest BCUT2D eigenvalue weighted by molar-refractivity contribution is 0.451. The van der Waals surface area contributed by atoms with E-state index in [0.29, 0.717) is 42.4 Å². The largest absolute Gasteiger partial charge is 0.206 e. The van der Waals surface area contributed by atoms with Crippen LogP contribution in [0.25, 0.3) is 21.9 Å². The highest BCUT2D eigenvalue weighted by atomic mass is 19.2. The lowest BCUT2D eigenvalue weighted by Crippen LogP contribution is -1.98. The van der Waals surface area contributed by atoms with E-state index in [0.717, 1.165) is 17.7 Å². The maximum absolute atomic E-state index is 14.5. The molecular formula is C27H20F6. The summed E-state index contributed by atoms with van der Waals surface area (Å²) in [6.45, 7) is 1.90. The van der Waals surface area contributed by atoms with Gasteiger partial charge in [-0.25, -0.2) is 26.3 Å². The van der Waals surface area contributed by atoms with E-state index in [9.17, 15) is 26.3 Å². The van der Waals surface area contributed by atoms with Crippen molar-refractivity contribution in [1.29, 1.82) is 0 Å². The van der Waals surface area contributed by atoms with Crippen LogP contribution >= 0.6 is 0 Å². The average Bonchev–Trinajstić information content (AvgIpc) is 2.79. The Bertz CT molecular complexity index is 1330. The van der Waals surface area contributed by atoms with Gasteiger partial charge in [0.25, 0.3) is 0 Å². The van der Waals surface area contributed by atoms with E-state index in [1.165, 1.54) is 6.07 Å². The molecule has 0 bridgehead atoms. The quantitative estimate of drug-likeness (QED) is 0.202. The van der Waals surface area contributed by atoms with Crippen LogP contribution in [0.3, 0.4) is 0 Å². The third-order valence-corrected chi connectivity index (χ3v) is 5.73. The fraction of sp³-hybridized carbons (Fsp3) is 0.185. The summed E-state index contributed by atoms with van der Waals surface area (Å²) in [5.41, 5.74) is 2.41. The minimum Gasteiger partial charge on any atom is -0.206 e. The predicted molar refractivity (Wildman–Crippen MR) is 117 cm³/mol. The fourth-order valence-electron chi connectivity index (χ4n) is 4.01. The maximum atomic E-state index is 14.5. The zero-order valence-corrected chi connectivity index (χ0v) is 17.8. The molecule has 0 radical (unpaired) electrons. The molecule has 0 heterocycles. The molecule has 0 aromatic heterocycles. The summed E-state index contributed by atoms with van der Waals surface area (Å²) in [6, 6.07) is 13.4. The zero-order chi connectivity index (χ0) is 23.7. The zero-order valence-electron chi connectivity index (χ0n) is 17.8. The SMILES string of the molecule is CCCc1ccc(-c2ccc(CCc3cc(F)c4c(F)c(F)c(F)cc4c3)cc2)c(F)c1F. The monoisotopic (exact) mass is 458 g/mol. The topological polar surface area (TPSA) is 0 Å². The van der Waals surface area contributed by atoms with Gasteiger partial charge in [0.2, 0.25) is 0 Å². The lowest BCUT2D eigenvalue weighted by Gasteiger charge is -2.10.